The zero-order valence-electron chi connectivity index (χ0n) is 5.00. The third kappa shape index (κ3) is 1.46. The monoisotopic (exact) mass is 268 g/mol. The van der Waals surface area contributed by atoms with Crippen LogP contribution in [-0.2, 0) is 4.43 Å². The van der Waals surface area contributed by atoms with Crippen LogP contribution in [0.5, 0.6) is 0 Å². The lowest BCUT2D eigenvalue weighted by Crippen LogP contribution is -1.84. The Bertz CT molecular complexity index is 248. The molecular weight excluding hydrogens is 263 g/mol. The number of nitrogens with two attached hydrogens (primary N) is 1. The number of anilines is 1. The first-order valence-corrected chi connectivity index (χ1v) is 4.88. The van der Waals surface area contributed by atoms with Crippen LogP contribution in [0.4, 0.5) is 5.13 Å². The van der Waals surface area contributed by atoms with E-state index in [4.69, 9.17) is 5.73 Å². The molecule has 3 nitrogen and oxygen atoms in total. The van der Waals surface area contributed by atoms with E-state index in [1.807, 2.05) is 0 Å². The van der Waals surface area contributed by atoms with E-state index >= 15 is 0 Å². The highest BCUT2D eigenvalue weighted by Gasteiger charge is 2.05. The van der Waals surface area contributed by atoms with Crippen LogP contribution in [0.1, 0.15) is 15.4 Å². The molecule has 0 unspecified atom stereocenters. The second-order valence-electron chi connectivity index (χ2n) is 1.61. The minimum absolute atomic E-state index is 0.466. The Morgan fingerprint density at radius 1 is 1.80 bits per heavy atom. The molecule has 1 aromatic rings. The van der Waals surface area contributed by atoms with Gasteiger partial charge in [-0.1, -0.05) is 33.9 Å². The van der Waals surface area contributed by atoms with Crippen LogP contribution in [0.2, 0.25) is 0 Å². The average Bonchev–Trinajstić information content (AvgIpc) is 2.30. The van der Waals surface area contributed by atoms with Crippen molar-refractivity contribution in [2.24, 2.45) is 0 Å². The quantitative estimate of drug-likeness (QED) is 0.502. The summed E-state index contributed by atoms with van der Waals surface area (Å²) in [6.45, 7) is 0. The SMILES string of the molecule is Nc1nc(CI)c(C=O)s1. The minimum atomic E-state index is 0.466. The number of alkyl halides is 1. The lowest BCUT2D eigenvalue weighted by molar-refractivity contribution is 0.112. The zero-order valence-corrected chi connectivity index (χ0v) is 7.98. The molecule has 10 heavy (non-hydrogen) atoms. The van der Waals surface area contributed by atoms with Gasteiger partial charge in [0, 0.05) is 4.43 Å². The summed E-state index contributed by atoms with van der Waals surface area (Å²) < 4.78 is 0.736. The number of halogens is 1. The van der Waals surface area contributed by atoms with Gasteiger partial charge in [-0.2, -0.15) is 0 Å². The van der Waals surface area contributed by atoms with Crippen molar-refractivity contribution in [1.29, 1.82) is 0 Å². The third-order valence-electron chi connectivity index (χ3n) is 0.978. The fourth-order valence-electron chi connectivity index (χ4n) is 0.570. The van der Waals surface area contributed by atoms with Gasteiger partial charge in [-0.15, -0.1) is 0 Å². The molecule has 0 radical (unpaired) electrons. The molecule has 0 spiro atoms. The van der Waals surface area contributed by atoms with E-state index in [1.165, 1.54) is 11.3 Å². The Kier molecular flexibility index (Phi) is 2.61. The summed E-state index contributed by atoms with van der Waals surface area (Å²) in [6, 6.07) is 0. The Hall–Kier alpha value is -0.170. The third-order valence-corrected chi connectivity index (χ3v) is 2.55. The number of aldehydes is 1. The van der Waals surface area contributed by atoms with Gasteiger partial charge in [0.25, 0.3) is 0 Å². The van der Waals surface area contributed by atoms with Gasteiger partial charge in [-0.25, -0.2) is 4.98 Å². The van der Waals surface area contributed by atoms with E-state index in [0.29, 0.717) is 10.0 Å². The summed E-state index contributed by atoms with van der Waals surface area (Å²) in [7, 11) is 0. The number of nitrogens with zero attached hydrogens (tertiary/aromatic N) is 1. The lowest BCUT2D eigenvalue weighted by Gasteiger charge is -1.83. The highest BCUT2D eigenvalue weighted by atomic mass is 127. The number of rotatable bonds is 2. The van der Waals surface area contributed by atoms with Crippen LogP contribution in [0.15, 0.2) is 0 Å². The average molecular weight is 268 g/mol. The summed E-state index contributed by atoms with van der Waals surface area (Å²) in [6.07, 6.45) is 0.794. The summed E-state index contributed by atoms with van der Waals surface area (Å²) in [5.41, 5.74) is 6.17. The maximum Gasteiger partial charge on any atom is 0.180 e. The Morgan fingerprint density at radius 3 is 2.90 bits per heavy atom. The van der Waals surface area contributed by atoms with Gasteiger partial charge in [0.1, 0.15) is 0 Å². The molecular formula is C5H5IN2OS. The highest BCUT2D eigenvalue weighted by molar-refractivity contribution is 14.1. The van der Waals surface area contributed by atoms with Gasteiger partial charge in [-0.05, 0) is 0 Å². The number of nitrogen functional groups attached to an aromatic ring is 1. The second kappa shape index (κ2) is 3.29. The molecule has 2 N–H and O–H groups in total. The van der Waals surface area contributed by atoms with Crippen LogP contribution in [0.25, 0.3) is 0 Å². The Morgan fingerprint density at radius 2 is 2.50 bits per heavy atom. The van der Waals surface area contributed by atoms with Crippen LogP contribution >= 0.6 is 33.9 Å². The number of hydrogen-bond donors (Lipinski definition) is 1. The highest BCUT2D eigenvalue weighted by Crippen LogP contribution is 2.20. The molecule has 1 rings (SSSR count). The first kappa shape index (κ1) is 7.93. The topological polar surface area (TPSA) is 56.0 Å². The standard InChI is InChI=1S/C5H5IN2OS/c6-1-3-4(2-9)10-5(7)8-3/h2H,1H2,(H2,7,8). The van der Waals surface area contributed by atoms with Gasteiger partial charge < -0.3 is 5.73 Å². The van der Waals surface area contributed by atoms with E-state index in [0.717, 1.165) is 16.4 Å². The summed E-state index contributed by atoms with van der Waals surface area (Å²) in [5.74, 6) is 0. The number of aromatic nitrogens is 1. The molecule has 0 saturated heterocycles. The van der Waals surface area contributed by atoms with Gasteiger partial charge in [-0.3, -0.25) is 4.79 Å². The molecule has 0 amide bonds. The molecule has 5 heteroatoms. The van der Waals surface area contributed by atoms with Crippen LogP contribution in [0, 0.1) is 0 Å². The van der Waals surface area contributed by atoms with Gasteiger partial charge in [0.05, 0.1) is 10.6 Å². The summed E-state index contributed by atoms with van der Waals surface area (Å²) in [4.78, 5) is 14.9. The maximum atomic E-state index is 10.3. The smallest absolute Gasteiger partial charge is 0.180 e. The second-order valence-corrected chi connectivity index (χ2v) is 3.44. The van der Waals surface area contributed by atoms with Crippen molar-refractivity contribution in [1.82, 2.24) is 4.98 Å². The van der Waals surface area contributed by atoms with Crippen molar-refractivity contribution in [3.05, 3.63) is 10.6 Å². The van der Waals surface area contributed by atoms with Crippen LogP contribution < -0.4 is 5.73 Å². The van der Waals surface area contributed by atoms with Crippen molar-refractivity contribution >= 4 is 45.3 Å². The molecule has 0 aliphatic heterocycles. The molecule has 0 aromatic carbocycles. The van der Waals surface area contributed by atoms with E-state index in [9.17, 15) is 4.79 Å². The predicted molar refractivity (Wildman–Crippen MR) is 49.6 cm³/mol. The predicted octanol–water partition coefficient (Wildman–Crippen LogP) is 1.47. The molecule has 0 fully saturated rings. The molecule has 0 aliphatic rings. The molecule has 0 saturated carbocycles. The maximum absolute atomic E-state index is 10.3. The number of carbonyl (C=O) groups is 1. The summed E-state index contributed by atoms with van der Waals surface area (Å²) >= 11 is 3.38. The van der Waals surface area contributed by atoms with Crippen molar-refractivity contribution in [3.63, 3.8) is 0 Å². The van der Waals surface area contributed by atoms with Gasteiger partial charge in [0.15, 0.2) is 11.4 Å². The van der Waals surface area contributed by atoms with Gasteiger partial charge in [0.2, 0.25) is 0 Å². The van der Waals surface area contributed by atoms with Crippen LogP contribution in [-0.4, -0.2) is 11.3 Å². The molecule has 0 atom stereocenters. The number of hydrogen-bond acceptors (Lipinski definition) is 4. The lowest BCUT2D eigenvalue weighted by atomic mass is 10.4. The fraction of sp³-hybridized carbons (Fsp3) is 0.200. The van der Waals surface area contributed by atoms with Crippen molar-refractivity contribution in [2.75, 3.05) is 5.73 Å². The number of carbonyl (C=O) groups excluding carboxylic acids is 1. The molecule has 1 aromatic heterocycles. The number of thiazole rings is 1. The molecule has 0 bridgehead atoms. The first-order chi connectivity index (χ1) is 4.77. The Balaban J connectivity index is 3.08. The van der Waals surface area contributed by atoms with E-state index in [1.54, 1.807) is 0 Å². The summed E-state index contributed by atoms with van der Waals surface area (Å²) in [5, 5.41) is 0.466. The largest absolute Gasteiger partial charge is 0.375 e. The van der Waals surface area contributed by atoms with Gasteiger partial charge >= 0.3 is 0 Å². The van der Waals surface area contributed by atoms with E-state index < -0.39 is 0 Å². The Labute approximate surface area is 75.8 Å². The first-order valence-electron chi connectivity index (χ1n) is 2.54. The van der Waals surface area contributed by atoms with E-state index in [2.05, 4.69) is 27.6 Å². The zero-order chi connectivity index (χ0) is 7.56. The van der Waals surface area contributed by atoms with Crippen molar-refractivity contribution < 1.29 is 4.79 Å². The van der Waals surface area contributed by atoms with Crippen molar-refractivity contribution in [3.8, 4) is 0 Å². The normalized spacial score (nSPS) is 9.70. The van der Waals surface area contributed by atoms with Crippen molar-refractivity contribution in [2.45, 2.75) is 4.43 Å². The molecule has 54 valence electrons. The fourth-order valence-corrected chi connectivity index (χ4v) is 2.08. The minimum Gasteiger partial charge on any atom is -0.375 e. The molecule has 0 aliphatic carbocycles. The van der Waals surface area contributed by atoms with Crippen LogP contribution in [0.3, 0.4) is 0 Å². The van der Waals surface area contributed by atoms with E-state index in [-0.39, 0.29) is 0 Å². The molecule has 1 heterocycles.